The molecule has 0 amide bonds. The van der Waals surface area contributed by atoms with Gasteiger partial charge in [-0.1, -0.05) is 24.8 Å². The lowest BCUT2D eigenvalue weighted by Crippen LogP contribution is -2.14. The summed E-state index contributed by atoms with van der Waals surface area (Å²) < 4.78 is 0. The van der Waals surface area contributed by atoms with Crippen LogP contribution in [0.5, 0.6) is 0 Å². The Morgan fingerprint density at radius 3 is 2.84 bits per heavy atom. The van der Waals surface area contributed by atoms with E-state index in [4.69, 9.17) is 0 Å². The van der Waals surface area contributed by atoms with Gasteiger partial charge in [0.1, 0.15) is 11.4 Å². The normalized spacial score (nSPS) is 10.6. The van der Waals surface area contributed by atoms with Gasteiger partial charge in [0.25, 0.3) is 0 Å². The number of rotatable bonds is 6. The van der Waals surface area contributed by atoms with Crippen LogP contribution in [-0.2, 0) is 6.54 Å². The maximum Gasteiger partial charge on any atom is 0.116 e. The monoisotopic (exact) mass is 273 g/mol. The van der Waals surface area contributed by atoms with Crippen LogP contribution in [0.2, 0.25) is 0 Å². The van der Waals surface area contributed by atoms with Crippen molar-refractivity contribution in [3.63, 3.8) is 0 Å². The van der Waals surface area contributed by atoms with Crippen LogP contribution in [-0.4, -0.2) is 16.5 Å². The largest absolute Gasteiger partial charge is 0.313 e. The van der Waals surface area contributed by atoms with Gasteiger partial charge in [-0.25, -0.2) is 9.97 Å². The number of aromatic nitrogens is 2. The zero-order chi connectivity index (χ0) is 13.5. The molecule has 0 unspecified atom stereocenters. The average molecular weight is 273 g/mol. The summed E-state index contributed by atoms with van der Waals surface area (Å²) in [5, 5.41) is 4.41. The molecular formula is C15H19N3S. The highest BCUT2D eigenvalue weighted by molar-refractivity contribution is 7.99. The average Bonchev–Trinajstić information content (AvgIpc) is 2.43. The van der Waals surface area contributed by atoms with Gasteiger partial charge in [0.15, 0.2) is 0 Å². The molecule has 0 fully saturated rings. The van der Waals surface area contributed by atoms with Crippen LogP contribution in [0.15, 0.2) is 46.7 Å². The summed E-state index contributed by atoms with van der Waals surface area (Å²) in [5.74, 6) is 0. The predicted octanol–water partition coefficient (Wildman–Crippen LogP) is 3.44. The Morgan fingerprint density at radius 1 is 1.26 bits per heavy atom. The van der Waals surface area contributed by atoms with Gasteiger partial charge < -0.3 is 5.32 Å². The molecule has 0 saturated heterocycles. The van der Waals surface area contributed by atoms with Crippen molar-refractivity contribution >= 4 is 11.8 Å². The Hall–Kier alpha value is -1.39. The minimum Gasteiger partial charge on any atom is -0.313 e. The third kappa shape index (κ3) is 4.33. The molecule has 1 aromatic heterocycles. The first-order valence-electron chi connectivity index (χ1n) is 6.53. The van der Waals surface area contributed by atoms with E-state index in [1.165, 1.54) is 22.4 Å². The third-order valence-electron chi connectivity index (χ3n) is 2.83. The van der Waals surface area contributed by atoms with Crippen LogP contribution in [0, 0.1) is 6.92 Å². The van der Waals surface area contributed by atoms with E-state index in [0.717, 1.165) is 18.1 Å². The summed E-state index contributed by atoms with van der Waals surface area (Å²) >= 11 is 1.67. The topological polar surface area (TPSA) is 37.8 Å². The Labute approximate surface area is 118 Å². The van der Waals surface area contributed by atoms with Crippen molar-refractivity contribution in [1.29, 1.82) is 0 Å². The van der Waals surface area contributed by atoms with Crippen molar-refractivity contribution in [2.24, 2.45) is 0 Å². The highest BCUT2D eigenvalue weighted by Gasteiger charge is 2.02. The lowest BCUT2D eigenvalue weighted by Gasteiger charge is -2.09. The molecule has 0 atom stereocenters. The molecule has 1 aromatic carbocycles. The van der Waals surface area contributed by atoms with Crippen LogP contribution in [0.1, 0.15) is 24.5 Å². The van der Waals surface area contributed by atoms with Gasteiger partial charge in [0.05, 0.1) is 0 Å². The van der Waals surface area contributed by atoms with E-state index in [0.29, 0.717) is 0 Å². The lowest BCUT2D eigenvalue weighted by atomic mass is 10.1. The lowest BCUT2D eigenvalue weighted by molar-refractivity contribution is 0.673. The zero-order valence-corrected chi connectivity index (χ0v) is 12.2. The van der Waals surface area contributed by atoms with Crippen molar-refractivity contribution < 1.29 is 0 Å². The van der Waals surface area contributed by atoms with Crippen LogP contribution < -0.4 is 5.32 Å². The van der Waals surface area contributed by atoms with E-state index in [1.54, 1.807) is 24.3 Å². The van der Waals surface area contributed by atoms with Crippen molar-refractivity contribution in [3.05, 3.63) is 47.9 Å². The molecule has 0 radical (unpaired) electrons. The van der Waals surface area contributed by atoms with E-state index in [-0.39, 0.29) is 0 Å². The number of nitrogens with zero attached hydrogens (tertiary/aromatic N) is 2. The highest BCUT2D eigenvalue weighted by Crippen LogP contribution is 2.27. The van der Waals surface area contributed by atoms with Crippen LogP contribution >= 0.6 is 11.8 Å². The maximum absolute atomic E-state index is 4.23. The molecule has 0 spiro atoms. The second-order valence-electron chi connectivity index (χ2n) is 4.41. The molecular weight excluding hydrogens is 254 g/mol. The van der Waals surface area contributed by atoms with Gasteiger partial charge >= 0.3 is 0 Å². The standard InChI is InChI=1S/C15H19N3S/c1-3-7-16-10-13-4-5-14(9-12(13)2)19-15-6-8-17-11-18-15/h4-6,8-9,11,16H,3,7,10H2,1-2H3. The van der Waals surface area contributed by atoms with Crippen molar-refractivity contribution in [2.75, 3.05) is 6.54 Å². The van der Waals surface area contributed by atoms with Gasteiger partial charge in [-0.3, -0.25) is 0 Å². The summed E-state index contributed by atoms with van der Waals surface area (Å²) in [5.41, 5.74) is 2.68. The zero-order valence-electron chi connectivity index (χ0n) is 11.4. The van der Waals surface area contributed by atoms with Crippen molar-refractivity contribution in [3.8, 4) is 0 Å². The predicted molar refractivity (Wildman–Crippen MR) is 79.3 cm³/mol. The summed E-state index contributed by atoms with van der Waals surface area (Å²) in [6.45, 7) is 6.35. The summed E-state index contributed by atoms with van der Waals surface area (Å²) in [7, 11) is 0. The summed E-state index contributed by atoms with van der Waals surface area (Å²) in [4.78, 5) is 9.37. The molecule has 1 heterocycles. The maximum atomic E-state index is 4.23. The second-order valence-corrected chi connectivity index (χ2v) is 5.51. The Bertz CT molecular complexity index is 514. The van der Waals surface area contributed by atoms with Gasteiger partial charge in [0.2, 0.25) is 0 Å². The molecule has 2 rings (SSSR count). The van der Waals surface area contributed by atoms with Crippen molar-refractivity contribution in [1.82, 2.24) is 15.3 Å². The van der Waals surface area contributed by atoms with Crippen LogP contribution in [0.4, 0.5) is 0 Å². The number of hydrogen-bond donors (Lipinski definition) is 1. The fourth-order valence-electron chi connectivity index (χ4n) is 1.79. The minimum absolute atomic E-state index is 0.943. The molecule has 100 valence electrons. The van der Waals surface area contributed by atoms with E-state index < -0.39 is 0 Å². The highest BCUT2D eigenvalue weighted by atomic mass is 32.2. The first kappa shape index (κ1) is 14.0. The Kier molecular flexibility index (Phi) is 5.36. The second kappa shape index (κ2) is 7.26. The number of aryl methyl sites for hydroxylation is 1. The Balaban J connectivity index is 2.02. The van der Waals surface area contributed by atoms with E-state index in [9.17, 15) is 0 Å². The molecule has 2 aromatic rings. The molecule has 0 aliphatic carbocycles. The molecule has 4 heteroatoms. The van der Waals surface area contributed by atoms with Gasteiger partial charge in [-0.15, -0.1) is 0 Å². The number of nitrogens with one attached hydrogen (secondary N) is 1. The number of benzene rings is 1. The Morgan fingerprint density at radius 2 is 2.16 bits per heavy atom. The van der Waals surface area contributed by atoms with Gasteiger partial charge in [-0.2, -0.15) is 0 Å². The first-order chi connectivity index (χ1) is 9.29. The van der Waals surface area contributed by atoms with E-state index in [1.807, 2.05) is 6.07 Å². The molecule has 0 saturated carbocycles. The van der Waals surface area contributed by atoms with Crippen molar-refractivity contribution in [2.45, 2.75) is 36.7 Å². The molecule has 19 heavy (non-hydrogen) atoms. The van der Waals surface area contributed by atoms with Crippen LogP contribution in [0.3, 0.4) is 0 Å². The number of hydrogen-bond acceptors (Lipinski definition) is 4. The summed E-state index contributed by atoms with van der Waals surface area (Å²) in [6.07, 6.45) is 4.52. The smallest absolute Gasteiger partial charge is 0.116 e. The first-order valence-corrected chi connectivity index (χ1v) is 7.35. The SMILES string of the molecule is CCCNCc1ccc(Sc2ccncn2)cc1C. The fraction of sp³-hybridized carbons (Fsp3) is 0.333. The third-order valence-corrected chi connectivity index (χ3v) is 3.77. The molecule has 1 N–H and O–H groups in total. The van der Waals surface area contributed by atoms with E-state index >= 15 is 0 Å². The van der Waals surface area contributed by atoms with Gasteiger partial charge in [-0.05, 0) is 49.2 Å². The molecule has 3 nitrogen and oxygen atoms in total. The summed E-state index contributed by atoms with van der Waals surface area (Å²) in [6, 6.07) is 8.50. The molecule has 0 bridgehead atoms. The minimum atomic E-state index is 0.943. The fourth-order valence-corrected chi connectivity index (χ4v) is 2.63. The molecule has 0 aliphatic heterocycles. The molecule has 0 aliphatic rings. The van der Waals surface area contributed by atoms with E-state index in [2.05, 4.69) is 47.3 Å². The van der Waals surface area contributed by atoms with Crippen LogP contribution in [0.25, 0.3) is 0 Å². The quantitative estimate of drug-likeness (QED) is 0.646. The van der Waals surface area contributed by atoms with Gasteiger partial charge in [0, 0.05) is 17.6 Å².